The third-order valence-corrected chi connectivity index (χ3v) is 3.34. The topological polar surface area (TPSA) is 46.6 Å². The minimum Gasteiger partial charge on any atom is -0.378 e. The van der Waals surface area contributed by atoms with Crippen LogP contribution in [0.4, 0.5) is 0 Å². The van der Waals surface area contributed by atoms with Crippen molar-refractivity contribution in [1.29, 1.82) is 0 Å². The molecule has 0 aromatic heterocycles. The predicted octanol–water partition coefficient (Wildman–Crippen LogP) is 0.306. The molecular formula is C9H17NO3S. The highest BCUT2D eigenvalue weighted by Gasteiger charge is 2.16. The van der Waals surface area contributed by atoms with Crippen molar-refractivity contribution in [3.8, 4) is 12.3 Å². The van der Waals surface area contributed by atoms with Gasteiger partial charge in [-0.25, -0.2) is 8.42 Å². The Hall–Kier alpha value is -0.570. The monoisotopic (exact) mass is 219 g/mol. The lowest BCUT2D eigenvalue weighted by Gasteiger charge is -2.14. The second-order valence-electron chi connectivity index (χ2n) is 3.20. The summed E-state index contributed by atoms with van der Waals surface area (Å²) in [6.07, 6.45) is 5.06. The Morgan fingerprint density at radius 3 is 2.50 bits per heavy atom. The first-order chi connectivity index (χ1) is 6.40. The summed E-state index contributed by atoms with van der Waals surface area (Å²) in [7, 11) is -1.79. The van der Waals surface area contributed by atoms with Gasteiger partial charge in [0.1, 0.15) is 0 Å². The summed E-state index contributed by atoms with van der Waals surface area (Å²) in [4.78, 5) is 0. The minimum atomic E-state index is -3.25. The number of ether oxygens (including phenoxy) is 1. The van der Waals surface area contributed by atoms with Crippen LogP contribution in [0.3, 0.4) is 0 Å². The molecule has 0 spiro atoms. The average Bonchev–Trinajstić information content (AvgIpc) is 2.03. The van der Waals surface area contributed by atoms with Crippen molar-refractivity contribution < 1.29 is 13.2 Å². The lowest BCUT2D eigenvalue weighted by Crippen LogP contribution is -2.31. The van der Waals surface area contributed by atoms with Gasteiger partial charge >= 0.3 is 0 Å². The number of terminal acetylenes is 1. The van der Waals surface area contributed by atoms with Crippen LogP contribution in [0.2, 0.25) is 0 Å². The van der Waals surface area contributed by atoms with E-state index in [4.69, 9.17) is 11.2 Å². The minimum absolute atomic E-state index is 0.0244. The van der Waals surface area contributed by atoms with Crippen LogP contribution in [0.25, 0.3) is 0 Å². The molecular weight excluding hydrogens is 202 g/mol. The van der Waals surface area contributed by atoms with Gasteiger partial charge in [-0.15, -0.1) is 6.42 Å². The van der Waals surface area contributed by atoms with E-state index in [1.807, 2.05) is 13.8 Å². The van der Waals surface area contributed by atoms with Crippen molar-refractivity contribution in [2.75, 3.05) is 26.0 Å². The maximum absolute atomic E-state index is 11.5. The first-order valence-electron chi connectivity index (χ1n) is 4.39. The summed E-state index contributed by atoms with van der Waals surface area (Å²) >= 11 is 0. The van der Waals surface area contributed by atoms with Crippen molar-refractivity contribution in [2.24, 2.45) is 0 Å². The quantitative estimate of drug-likeness (QED) is 0.604. The Kier molecular flexibility index (Phi) is 5.77. The Morgan fingerprint density at radius 1 is 1.50 bits per heavy atom. The molecule has 0 aliphatic rings. The third kappa shape index (κ3) is 5.22. The zero-order valence-corrected chi connectivity index (χ0v) is 9.67. The van der Waals surface area contributed by atoms with Crippen LogP contribution in [-0.4, -0.2) is 44.8 Å². The predicted molar refractivity (Wildman–Crippen MR) is 56.3 cm³/mol. The van der Waals surface area contributed by atoms with Crippen molar-refractivity contribution in [3.63, 3.8) is 0 Å². The molecule has 4 nitrogen and oxygen atoms in total. The van der Waals surface area contributed by atoms with Gasteiger partial charge < -0.3 is 4.74 Å². The summed E-state index contributed by atoms with van der Waals surface area (Å²) in [5.74, 6) is 2.25. The van der Waals surface area contributed by atoms with E-state index in [9.17, 15) is 8.42 Å². The SMILES string of the molecule is C#CCN(C)S(=O)(=O)CCOC(C)C. The lowest BCUT2D eigenvalue weighted by atomic mass is 10.5. The Labute approximate surface area is 86.3 Å². The zero-order chi connectivity index (χ0) is 11.2. The zero-order valence-electron chi connectivity index (χ0n) is 8.86. The molecule has 5 heteroatoms. The molecule has 0 heterocycles. The fraction of sp³-hybridized carbons (Fsp3) is 0.778. The molecule has 0 amide bonds. The largest absolute Gasteiger partial charge is 0.378 e. The van der Waals surface area contributed by atoms with Gasteiger partial charge in [0, 0.05) is 7.05 Å². The van der Waals surface area contributed by atoms with E-state index in [1.165, 1.54) is 7.05 Å². The van der Waals surface area contributed by atoms with Gasteiger partial charge in [0.25, 0.3) is 0 Å². The molecule has 0 aliphatic carbocycles. The second-order valence-corrected chi connectivity index (χ2v) is 5.39. The van der Waals surface area contributed by atoms with Crippen molar-refractivity contribution in [3.05, 3.63) is 0 Å². The highest BCUT2D eigenvalue weighted by atomic mass is 32.2. The van der Waals surface area contributed by atoms with Crippen LogP contribution < -0.4 is 0 Å². The number of hydrogen-bond acceptors (Lipinski definition) is 3. The number of hydrogen-bond donors (Lipinski definition) is 0. The first kappa shape index (κ1) is 13.4. The number of nitrogens with zero attached hydrogens (tertiary/aromatic N) is 1. The van der Waals surface area contributed by atoms with Gasteiger partial charge in [0.05, 0.1) is 25.0 Å². The van der Waals surface area contributed by atoms with Crippen molar-refractivity contribution in [2.45, 2.75) is 20.0 Å². The van der Waals surface area contributed by atoms with E-state index in [2.05, 4.69) is 5.92 Å². The van der Waals surface area contributed by atoms with Crippen LogP contribution in [-0.2, 0) is 14.8 Å². The molecule has 0 atom stereocenters. The van der Waals surface area contributed by atoms with Gasteiger partial charge in [-0.3, -0.25) is 0 Å². The molecule has 0 aliphatic heterocycles. The first-order valence-corrected chi connectivity index (χ1v) is 6.00. The van der Waals surface area contributed by atoms with Gasteiger partial charge in [0.2, 0.25) is 10.0 Å². The Balaban J connectivity index is 4.03. The summed E-state index contributed by atoms with van der Waals surface area (Å²) in [5, 5.41) is 0. The summed E-state index contributed by atoms with van der Waals surface area (Å²) in [5.41, 5.74) is 0. The van der Waals surface area contributed by atoms with Gasteiger partial charge in [0.15, 0.2) is 0 Å². The molecule has 0 saturated heterocycles. The van der Waals surface area contributed by atoms with E-state index in [-0.39, 0.29) is 25.0 Å². The molecule has 0 radical (unpaired) electrons. The maximum atomic E-state index is 11.5. The van der Waals surface area contributed by atoms with E-state index in [1.54, 1.807) is 0 Å². The molecule has 0 rings (SSSR count). The second kappa shape index (κ2) is 6.02. The average molecular weight is 219 g/mol. The maximum Gasteiger partial charge on any atom is 0.216 e. The van der Waals surface area contributed by atoms with Gasteiger partial charge in [-0.2, -0.15) is 4.31 Å². The number of rotatable bonds is 6. The van der Waals surface area contributed by atoms with Gasteiger partial charge in [-0.05, 0) is 13.8 Å². The summed E-state index contributed by atoms with van der Waals surface area (Å²) in [6.45, 7) is 4.02. The molecule has 0 aromatic rings. The van der Waals surface area contributed by atoms with Crippen molar-refractivity contribution in [1.82, 2.24) is 4.31 Å². The van der Waals surface area contributed by atoms with Crippen LogP contribution in [0, 0.1) is 12.3 Å². The standard InChI is InChI=1S/C9H17NO3S/c1-5-6-10(4)14(11,12)8-7-13-9(2)3/h1,9H,6-8H2,2-4H3. The fourth-order valence-corrected chi connectivity index (χ4v) is 1.66. The smallest absolute Gasteiger partial charge is 0.216 e. The third-order valence-electron chi connectivity index (χ3n) is 1.58. The molecule has 0 unspecified atom stereocenters. The highest BCUT2D eigenvalue weighted by Crippen LogP contribution is 1.98. The van der Waals surface area contributed by atoms with E-state index < -0.39 is 10.0 Å². The lowest BCUT2D eigenvalue weighted by molar-refractivity contribution is 0.0908. The van der Waals surface area contributed by atoms with Crippen LogP contribution in [0.5, 0.6) is 0 Å². The molecule has 0 fully saturated rings. The molecule has 0 bridgehead atoms. The van der Waals surface area contributed by atoms with Crippen molar-refractivity contribution >= 4 is 10.0 Å². The number of sulfonamides is 1. The molecule has 0 saturated carbocycles. The highest BCUT2D eigenvalue weighted by molar-refractivity contribution is 7.89. The van der Waals surface area contributed by atoms with Crippen LogP contribution >= 0.6 is 0 Å². The Bertz CT molecular complexity index is 290. The van der Waals surface area contributed by atoms with Crippen LogP contribution in [0.1, 0.15) is 13.8 Å². The molecule has 0 N–H and O–H groups in total. The molecule has 14 heavy (non-hydrogen) atoms. The normalized spacial score (nSPS) is 12.0. The fourth-order valence-electron chi connectivity index (χ4n) is 0.772. The molecule has 0 aromatic carbocycles. The summed E-state index contributed by atoms with van der Waals surface area (Å²) < 4.78 is 29.2. The van der Waals surface area contributed by atoms with E-state index in [0.717, 1.165) is 4.31 Å². The van der Waals surface area contributed by atoms with Gasteiger partial charge in [-0.1, -0.05) is 5.92 Å². The van der Waals surface area contributed by atoms with E-state index in [0.29, 0.717) is 0 Å². The Morgan fingerprint density at radius 2 is 2.07 bits per heavy atom. The van der Waals surface area contributed by atoms with Crippen LogP contribution in [0.15, 0.2) is 0 Å². The molecule has 82 valence electrons. The summed E-state index contributed by atoms with van der Waals surface area (Å²) in [6, 6.07) is 0. The van der Waals surface area contributed by atoms with E-state index >= 15 is 0 Å².